The Balaban J connectivity index is 1.05. The van der Waals surface area contributed by atoms with E-state index in [2.05, 4.69) is 57.9 Å². The van der Waals surface area contributed by atoms with Crippen molar-refractivity contribution in [3.63, 3.8) is 0 Å². The molecule has 10 heteroatoms. The van der Waals surface area contributed by atoms with Crippen molar-refractivity contribution < 1.29 is 24.2 Å². The Morgan fingerprint density at radius 1 is 0.818 bits per heavy atom. The molecule has 0 aliphatic carbocycles. The Morgan fingerprint density at radius 2 is 1.56 bits per heavy atom. The lowest BCUT2D eigenvalue weighted by Crippen LogP contribution is -2.38. The van der Waals surface area contributed by atoms with Crippen molar-refractivity contribution in [3.8, 4) is 11.1 Å². The number of nitrogens with two attached hydrogens (primary N) is 1. The van der Waals surface area contributed by atoms with Gasteiger partial charge < -0.3 is 35.8 Å². The lowest BCUT2D eigenvalue weighted by molar-refractivity contribution is -0.252. The summed E-state index contributed by atoms with van der Waals surface area (Å²) in [4.78, 5) is 31.7. The highest BCUT2D eigenvalue weighted by Gasteiger charge is 2.33. The SMILES string of the molecule is CN(CCc1ccccn1)CC1CC(c2ccc(CO)cc2)OC(c2cccc(-c3cccc(CNC(=O)CCCCC(=O)Nc4ccccc4N)c3)c2)O1. The number of pyridine rings is 1. The van der Waals surface area contributed by atoms with Gasteiger partial charge in [0, 0.05) is 62.8 Å². The number of benzene rings is 4. The monoisotopic (exact) mass is 741 g/mol. The molecule has 1 saturated heterocycles. The fourth-order valence-corrected chi connectivity index (χ4v) is 6.73. The summed E-state index contributed by atoms with van der Waals surface area (Å²) < 4.78 is 13.3. The third-order valence-corrected chi connectivity index (χ3v) is 9.81. The quantitative estimate of drug-likeness (QED) is 0.0573. The minimum Gasteiger partial charge on any atom is -0.397 e. The first-order chi connectivity index (χ1) is 26.8. The largest absolute Gasteiger partial charge is 0.397 e. The Labute approximate surface area is 323 Å². The molecule has 4 aromatic carbocycles. The second kappa shape index (κ2) is 19.8. The van der Waals surface area contributed by atoms with E-state index in [1.165, 1.54) is 0 Å². The number of ether oxygens (including phenoxy) is 2. The van der Waals surface area contributed by atoms with Crippen LogP contribution in [0.5, 0.6) is 0 Å². The topological polar surface area (TPSA) is 139 Å². The maximum atomic E-state index is 12.7. The maximum Gasteiger partial charge on any atom is 0.224 e. The highest BCUT2D eigenvalue weighted by atomic mass is 16.7. The van der Waals surface area contributed by atoms with Crippen LogP contribution in [-0.4, -0.2) is 53.0 Å². The lowest BCUT2D eigenvalue weighted by atomic mass is 9.98. The van der Waals surface area contributed by atoms with Crippen LogP contribution in [0.25, 0.3) is 11.1 Å². The van der Waals surface area contributed by atoms with E-state index in [9.17, 15) is 14.7 Å². The predicted molar refractivity (Wildman–Crippen MR) is 216 cm³/mol. The molecule has 10 nitrogen and oxygen atoms in total. The molecule has 3 atom stereocenters. The first-order valence-corrected chi connectivity index (χ1v) is 19.0. The molecule has 5 aromatic rings. The molecule has 286 valence electrons. The number of anilines is 2. The lowest BCUT2D eigenvalue weighted by Gasteiger charge is -2.38. The molecule has 1 aliphatic rings. The number of nitrogen functional groups attached to an aromatic ring is 1. The number of hydrogen-bond acceptors (Lipinski definition) is 8. The maximum absolute atomic E-state index is 12.7. The van der Waals surface area contributed by atoms with Gasteiger partial charge in [-0.15, -0.1) is 0 Å². The van der Waals surface area contributed by atoms with Gasteiger partial charge in [0.25, 0.3) is 0 Å². The molecule has 2 heterocycles. The van der Waals surface area contributed by atoms with Crippen molar-refractivity contribution in [1.82, 2.24) is 15.2 Å². The molecule has 0 saturated carbocycles. The average Bonchev–Trinajstić information content (AvgIpc) is 3.22. The molecule has 0 bridgehead atoms. The number of likely N-dealkylation sites (N-methyl/N-ethyl adjacent to an activating group) is 1. The summed E-state index contributed by atoms with van der Waals surface area (Å²) in [5.74, 6) is -0.168. The van der Waals surface area contributed by atoms with Gasteiger partial charge in [0.15, 0.2) is 6.29 Å². The van der Waals surface area contributed by atoms with Crippen molar-refractivity contribution in [2.45, 2.75) is 70.2 Å². The zero-order valence-electron chi connectivity index (χ0n) is 31.4. The van der Waals surface area contributed by atoms with Gasteiger partial charge in [0.05, 0.1) is 30.2 Å². The standard InChI is InChI=1S/C45H51N5O5/c1-50(25-23-38-14-6-7-24-47-38)30-39-28-42(34-21-19-32(31-51)20-22-34)55-45(54-39)37-13-9-12-36(27-37)35-11-8-10-33(26-35)29-48-43(52)17-4-5-18-44(53)49-41-16-3-2-15-40(41)46/h2-3,6-16,19-22,24,26-27,39,42,45,51H,4-5,17-18,23,25,28-31,46H2,1H3,(H,48,52)(H,49,53). The number of aliphatic hydroxyl groups is 1. The highest BCUT2D eigenvalue weighted by molar-refractivity contribution is 5.93. The fourth-order valence-electron chi connectivity index (χ4n) is 6.73. The van der Waals surface area contributed by atoms with Crippen LogP contribution in [0.4, 0.5) is 11.4 Å². The summed E-state index contributed by atoms with van der Waals surface area (Å²) in [6, 6.07) is 37.5. The number of unbranched alkanes of at least 4 members (excludes halogenated alkanes) is 1. The van der Waals surface area contributed by atoms with Crippen LogP contribution in [0, 0.1) is 0 Å². The molecule has 1 aliphatic heterocycles. The van der Waals surface area contributed by atoms with Crippen LogP contribution in [0.3, 0.4) is 0 Å². The summed E-state index contributed by atoms with van der Waals surface area (Å²) in [6.45, 7) is 2.00. The normalized spacial score (nSPS) is 16.8. The number of aromatic nitrogens is 1. The number of hydrogen-bond donors (Lipinski definition) is 4. The van der Waals surface area contributed by atoms with Crippen LogP contribution >= 0.6 is 0 Å². The highest BCUT2D eigenvalue weighted by Crippen LogP contribution is 2.39. The number of aliphatic hydroxyl groups excluding tert-OH is 1. The molecular formula is C45H51N5O5. The molecular weight excluding hydrogens is 691 g/mol. The fraction of sp³-hybridized carbons (Fsp3) is 0.311. The molecule has 0 radical (unpaired) electrons. The minimum absolute atomic E-state index is 0.00438. The van der Waals surface area contributed by atoms with Crippen molar-refractivity contribution >= 4 is 23.2 Å². The van der Waals surface area contributed by atoms with Crippen molar-refractivity contribution in [2.75, 3.05) is 31.2 Å². The first kappa shape index (κ1) is 39.3. The van der Waals surface area contributed by atoms with Gasteiger partial charge in [-0.2, -0.15) is 0 Å². The van der Waals surface area contributed by atoms with Gasteiger partial charge in [-0.25, -0.2) is 0 Å². The van der Waals surface area contributed by atoms with E-state index in [1.807, 2.05) is 79.0 Å². The van der Waals surface area contributed by atoms with Crippen molar-refractivity contribution in [3.05, 3.63) is 149 Å². The van der Waals surface area contributed by atoms with Crippen LogP contribution in [0.2, 0.25) is 0 Å². The Kier molecular flexibility index (Phi) is 14.1. The number of rotatable bonds is 17. The summed E-state index contributed by atoms with van der Waals surface area (Å²) >= 11 is 0. The third-order valence-electron chi connectivity index (χ3n) is 9.81. The Morgan fingerprint density at radius 3 is 2.33 bits per heavy atom. The van der Waals surface area contributed by atoms with Gasteiger partial charge in [-0.05, 0) is 84.1 Å². The average molecular weight is 742 g/mol. The van der Waals surface area contributed by atoms with Crippen LogP contribution in [0.1, 0.15) is 72.4 Å². The molecule has 2 amide bonds. The van der Waals surface area contributed by atoms with Gasteiger partial charge >= 0.3 is 0 Å². The third kappa shape index (κ3) is 11.8. The molecule has 0 spiro atoms. The zero-order valence-corrected chi connectivity index (χ0v) is 31.4. The molecule has 5 N–H and O–H groups in total. The smallest absolute Gasteiger partial charge is 0.224 e. The Bertz CT molecular complexity index is 1990. The van der Waals surface area contributed by atoms with Crippen molar-refractivity contribution in [2.24, 2.45) is 0 Å². The minimum atomic E-state index is -0.574. The van der Waals surface area contributed by atoms with Crippen LogP contribution < -0.4 is 16.4 Å². The van der Waals surface area contributed by atoms with E-state index in [4.69, 9.17) is 15.2 Å². The van der Waals surface area contributed by atoms with E-state index in [1.54, 1.807) is 12.1 Å². The Hall–Kier alpha value is -5.39. The van der Waals surface area contributed by atoms with Gasteiger partial charge in [-0.3, -0.25) is 14.6 Å². The van der Waals surface area contributed by atoms with Crippen molar-refractivity contribution in [1.29, 1.82) is 0 Å². The van der Waals surface area contributed by atoms with Gasteiger partial charge in [0.2, 0.25) is 11.8 Å². The van der Waals surface area contributed by atoms with Gasteiger partial charge in [0.1, 0.15) is 0 Å². The second-order valence-electron chi connectivity index (χ2n) is 14.1. The summed E-state index contributed by atoms with van der Waals surface area (Å²) in [5.41, 5.74) is 14.0. The summed E-state index contributed by atoms with van der Waals surface area (Å²) in [7, 11) is 2.11. The van der Waals surface area contributed by atoms with E-state index < -0.39 is 6.29 Å². The number of nitrogens with zero attached hydrogens (tertiary/aromatic N) is 2. The molecule has 6 rings (SSSR count). The molecule has 1 fully saturated rings. The summed E-state index contributed by atoms with van der Waals surface area (Å²) in [5, 5.41) is 15.4. The number of carbonyl (C=O) groups excluding carboxylic acids is 2. The number of amides is 2. The molecule has 3 unspecified atom stereocenters. The predicted octanol–water partition coefficient (Wildman–Crippen LogP) is 7.36. The van der Waals surface area contributed by atoms with E-state index in [-0.39, 0.29) is 30.6 Å². The van der Waals surface area contributed by atoms with Crippen LogP contribution in [-0.2, 0) is 38.6 Å². The second-order valence-corrected chi connectivity index (χ2v) is 14.1. The zero-order chi connectivity index (χ0) is 38.4. The molecule has 1 aromatic heterocycles. The summed E-state index contributed by atoms with van der Waals surface area (Å²) in [6.07, 6.45) is 4.44. The van der Waals surface area contributed by atoms with Gasteiger partial charge in [-0.1, -0.05) is 78.9 Å². The van der Waals surface area contributed by atoms with E-state index >= 15 is 0 Å². The molecule has 55 heavy (non-hydrogen) atoms. The number of carbonyl (C=O) groups is 2. The number of para-hydroxylation sites is 2. The van der Waals surface area contributed by atoms with E-state index in [0.717, 1.165) is 58.6 Å². The number of nitrogens with one attached hydrogen (secondary N) is 2. The first-order valence-electron chi connectivity index (χ1n) is 19.0. The van der Waals surface area contributed by atoms with Crippen LogP contribution in [0.15, 0.2) is 121 Å². The van der Waals surface area contributed by atoms with E-state index in [0.29, 0.717) is 50.0 Å².